The number of amides is 2. The minimum Gasteiger partial charge on any atom is -0.338 e. The van der Waals surface area contributed by atoms with Crippen molar-refractivity contribution in [2.45, 2.75) is 6.42 Å². The van der Waals surface area contributed by atoms with Gasteiger partial charge in [0.15, 0.2) is 0 Å². The van der Waals surface area contributed by atoms with Crippen LogP contribution in [0.15, 0.2) is 12.3 Å². The van der Waals surface area contributed by atoms with E-state index in [2.05, 4.69) is 20.8 Å². The molecule has 5 N–H and O–H groups in total. The van der Waals surface area contributed by atoms with E-state index in [4.69, 9.17) is 5.73 Å². The topological polar surface area (TPSA) is 95.8 Å². The van der Waals surface area contributed by atoms with Gasteiger partial charge in [-0.1, -0.05) is 0 Å². The first-order valence-electron chi connectivity index (χ1n) is 4.07. The highest BCUT2D eigenvalue weighted by molar-refractivity contribution is 5.87. The predicted octanol–water partition coefficient (Wildman–Crippen LogP) is -0.120. The van der Waals surface area contributed by atoms with Gasteiger partial charge in [0.25, 0.3) is 0 Å². The summed E-state index contributed by atoms with van der Waals surface area (Å²) in [4.78, 5) is 11.1. The third kappa shape index (κ3) is 3.57. The molecule has 2 amide bonds. The highest BCUT2D eigenvalue weighted by Crippen LogP contribution is 1.96. The zero-order valence-electron chi connectivity index (χ0n) is 7.21. The van der Waals surface area contributed by atoms with Crippen molar-refractivity contribution in [3.63, 3.8) is 0 Å². The summed E-state index contributed by atoms with van der Waals surface area (Å²) in [5, 5.41) is 11.5. The van der Waals surface area contributed by atoms with Crippen molar-refractivity contribution in [1.82, 2.24) is 15.5 Å². The van der Waals surface area contributed by atoms with Gasteiger partial charge in [-0.2, -0.15) is 5.10 Å². The van der Waals surface area contributed by atoms with E-state index in [0.29, 0.717) is 18.9 Å². The molecule has 1 aromatic heterocycles. The molecule has 1 heterocycles. The van der Waals surface area contributed by atoms with Crippen LogP contribution in [0.25, 0.3) is 0 Å². The number of carbonyl (C=O) groups is 1. The van der Waals surface area contributed by atoms with E-state index in [1.165, 1.54) is 0 Å². The van der Waals surface area contributed by atoms with Gasteiger partial charge in [-0.15, -0.1) is 0 Å². The molecule has 0 spiro atoms. The van der Waals surface area contributed by atoms with Crippen molar-refractivity contribution < 1.29 is 4.79 Å². The van der Waals surface area contributed by atoms with Gasteiger partial charge in [0.2, 0.25) is 0 Å². The van der Waals surface area contributed by atoms with Crippen molar-refractivity contribution >= 4 is 11.8 Å². The van der Waals surface area contributed by atoms with Gasteiger partial charge < -0.3 is 11.1 Å². The highest BCUT2D eigenvalue weighted by Gasteiger charge is 1.99. The summed E-state index contributed by atoms with van der Waals surface area (Å²) < 4.78 is 0. The van der Waals surface area contributed by atoms with E-state index < -0.39 is 0 Å². The Balaban J connectivity index is 2.18. The van der Waals surface area contributed by atoms with E-state index >= 15 is 0 Å². The van der Waals surface area contributed by atoms with Gasteiger partial charge in [0.1, 0.15) is 5.82 Å². The lowest BCUT2D eigenvalue weighted by Gasteiger charge is -2.03. The van der Waals surface area contributed by atoms with Crippen LogP contribution in [-0.2, 0) is 0 Å². The number of carbonyl (C=O) groups excluding carboxylic acids is 1. The normalized spacial score (nSPS) is 9.62. The van der Waals surface area contributed by atoms with Crippen LogP contribution in [-0.4, -0.2) is 29.3 Å². The van der Waals surface area contributed by atoms with Crippen molar-refractivity contribution in [2.75, 3.05) is 18.4 Å². The average Bonchev–Trinajstić information content (AvgIpc) is 2.57. The van der Waals surface area contributed by atoms with E-state index in [-0.39, 0.29) is 6.03 Å². The molecule has 13 heavy (non-hydrogen) atoms. The summed E-state index contributed by atoms with van der Waals surface area (Å²) in [6, 6.07) is 1.42. The number of nitrogens with two attached hydrogens (primary N) is 1. The first kappa shape index (κ1) is 9.53. The Kier molecular flexibility index (Phi) is 3.77. The van der Waals surface area contributed by atoms with E-state index in [0.717, 1.165) is 6.42 Å². The first-order valence-corrected chi connectivity index (χ1v) is 4.07. The van der Waals surface area contributed by atoms with Crippen LogP contribution in [0.5, 0.6) is 0 Å². The second kappa shape index (κ2) is 5.15. The fourth-order valence-corrected chi connectivity index (χ4v) is 0.796. The lowest BCUT2D eigenvalue weighted by atomic mass is 10.4. The molecule has 6 heteroatoms. The van der Waals surface area contributed by atoms with Crippen molar-refractivity contribution in [3.05, 3.63) is 12.3 Å². The number of hydrogen-bond donors (Lipinski definition) is 4. The second-order valence-electron chi connectivity index (χ2n) is 2.49. The SMILES string of the molecule is NCCCNC(=O)Nc1ccn[nH]1. The van der Waals surface area contributed by atoms with Gasteiger partial charge in [0.05, 0.1) is 6.20 Å². The zero-order chi connectivity index (χ0) is 9.52. The minimum atomic E-state index is -0.252. The number of aromatic amines is 1. The molecule has 0 aromatic carbocycles. The molecule has 0 bridgehead atoms. The molecule has 72 valence electrons. The molecule has 0 saturated heterocycles. The molecular weight excluding hydrogens is 170 g/mol. The van der Waals surface area contributed by atoms with Gasteiger partial charge in [-0.25, -0.2) is 4.79 Å². The maximum Gasteiger partial charge on any atom is 0.320 e. The quantitative estimate of drug-likeness (QED) is 0.490. The highest BCUT2D eigenvalue weighted by atomic mass is 16.2. The minimum absolute atomic E-state index is 0.252. The van der Waals surface area contributed by atoms with Gasteiger partial charge in [-0.05, 0) is 13.0 Å². The van der Waals surface area contributed by atoms with Crippen LogP contribution in [0, 0.1) is 0 Å². The van der Waals surface area contributed by atoms with Gasteiger partial charge in [-0.3, -0.25) is 10.4 Å². The molecule has 0 aliphatic rings. The molecular formula is C7H13N5O. The Morgan fingerprint density at radius 3 is 3.15 bits per heavy atom. The lowest BCUT2D eigenvalue weighted by molar-refractivity contribution is 0.252. The van der Waals surface area contributed by atoms with Crippen molar-refractivity contribution in [2.24, 2.45) is 5.73 Å². The number of hydrogen-bond acceptors (Lipinski definition) is 3. The molecule has 0 aliphatic carbocycles. The monoisotopic (exact) mass is 183 g/mol. The summed E-state index contributed by atoms with van der Waals surface area (Å²) in [5.74, 6) is 0.574. The van der Waals surface area contributed by atoms with Gasteiger partial charge in [0, 0.05) is 12.6 Å². The largest absolute Gasteiger partial charge is 0.338 e. The first-order chi connectivity index (χ1) is 6.33. The van der Waals surface area contributed by atoms with E-state index in [9.17, 15) is 4.79 Å². The second-order valence-corrected chi connectivity index (χ2v) is 2.49. The smallest absolute Gasteiger partial charge is 0.320 e. The van der Waals surface area contributed by atoms with Crippen LogP contribution in [0.4, 0.5) is 10.6 Å². The molecule has 0 unspecified atom stereocenters. The van der Waals surface area contributed by atoms with Crippen LogP contribution in [0.1, 0.15) is 6.42 Å². The Morgan fingerprint density at radius 1 is 1.69 bits per heavy atom. The molecule has 0 fully saturated rings. The fraction of sp³-hybridized carbons (Fsp3) is 0.429. The molecule has 1 rings (SSSR count). The average molecular weight is 183 g/mol. The Hall–Kier alpha value is -1.56. The molecule has 0 saturated carbocycles. The van der Waals surface area contributed by atoms with Crippen LogP contribution in [0.3, 0.4) is 0 Å². The fourth-order valence-electron chi connectivity index (χ4n) is 0.796. The van der Waals surface area contributed by atoms with Crippen molar-refractivity contribution in [1.29, 1.82) is 0 Å². The number of aromatic nitrogens is 2. The number of urea groups is 1. The summed E-state index contributed by atoms with van der Waals surface area (Å²) in [7, 11) is 0. The van der Waals surface area contributed by atoms with Gasteiger partial charge >= 0.3 is 6.03 Å². The maximum atomic E-state index is 11.1. The number of anilines is 1. The molecule has 0 aliphatic heterocycles. The number of nitrogens with zero attached hydrogens (tertiary/aromatic N) is 1. The van der Waals surface area contributed by atoms with E-state index in [1.807, 2.05) is 0 Å². The molecule has 6 nitrogen and oxygen atoms in total. The lowest BCUT2D eigenvalue weighted by Crippen LogP contribution is -2.30. The number of H-pyrrole nitrogens is 1. The zero-order valence-corrected chi connectivity index (χ0v) is 7.21. The predicted molar refractivity (Wildman–Crippen MR) is 49.3 cm³/mol. The summed E-state index contributed by atoms with van der Waals surface area (Å²) >= 11 is 0. The number of rotatable bonds is 4. The van der Waals surface area contributed by atoms with E-state index in [1.54, 1.807) is 12.3 Å². The molecule has 0 radical (unpaired) electrons. The summed E-state index contributed by atoms with van der Waals surface area (Å²) in [5.41, 5.74) is 5.26. The molecule has 1 aromatic rings. The Morgan fingerprint density at radius 2 is 2.54 bits per heavy atom. The maximum absolute atomic E-state index is 11.1. The third-order valence-electron chi connectivity index (χ3n) is 1.42. The Bertz CT molecular complexity index is 245. The third-order valence-corrected chi connectivity index (χ3v) is 1.42. The molecule has 0 atom stereocenters. The summed E-state index contributed by atoms with van der Waals surface area (Å²) in [6.07, 6.45) is 2.34. The van der Waals surface area contributed by atoms with Crippen molar-refractivity contribution in [3.8, 4) is 0 Å². The van der Waals surface area contributed by atoms with Crippen LogP contribution in [0.2, 0.25) is 0 Å². The summed E-state index contributed by atoms with van der Waals surface area (Å²) in [6.45, 7) is 1.15. The standard InChI is InChI=1S/C7H13N5O/c8-3-1-4-9-7(13)11-6-2-5-10-12-6/h2,5H,1,3-4,8H2,(H3,9,10,11,12,13). The van der Waals surface area contributed by atoms with Crippen LogP contribution >= 0.6 is 0 Å². The Labute approximate surface area is 75.9 Å². The van der Waals surface area contributed by atoms with Crippen LogP contribution < -0.4 is 16.4 Å². The number of nitrogens with one attached hydrogen (secondary N) is 3.